The van der Waals surface area contributed by atoms with Gasteiger partial charge in [-0.2, -0.15) is 0 Å². The smallest absolute Gasteiger partial charge is 0.220 e. The first kappa shape index (κ1) is 25.4. The van der Waals surface area contributed by atoms with Crippen molar-refractivity contribution in [1.82, 2.24) is 5.32 Å². The molecule has 5 heteroatoms. The third-order valence-electron chi connectivity index (χ3n) is 11.2. The number of rotatable bonds is 7. The molecule has 4 N–H and O–H groups in total. The molecule has 1 amide bonds. The van der Waals surface area contributed by atoms with Crippen molar-refractivity contribution in [3.8, 4) is 0 Å². The molecule has 0 aromatic carbocycles. The van der Waals surface area contributed by atoms with Crippen molar-refractivity contribution in [1.29, 1.82) is 0 Å². The Hall–Kier alpha value is -0.650. The van der Waals surface area contributed by atoms with Crippen LogP contribution < -0.4 is 5.32 Å². The van der Waals surface area contributed by atoms with Crippen LogP contribution in [0.3, 0.4) is 0 Å². The molecule has 0 heterocycles. The van der Waals surface area contributed by atoms with Crippen molar-refractivity contribution in [3.05, 3.63) is 0 Å². The summed E-state index contributed by atoms with van der Waals surface area (Å²) in [5.41, 5.74) is -0.0661. The molecule has 0 bridgehead atoms. The van der Waals surface area contributed by atoms with Crippen LogP contribution in [0.2, 0.25) is 0 Å². The highest BCUT2D eigenvalue weighted by atomic mass is 16.3. The fourth-order valence-electron chi connectivity index (χ4n) is 9.18. The first-order chi connectivity index (χ1) is 15.6. The zero-order valence-electron chi connectivity index (χ0n) is 21.4. The van der Waals surface area contributed by atoms with E-state index in [4.69, 9.17) is 0 Å². The maximum absolute atomic E-state index is 12.3. The topological polar surface area (TPSA) is 89.8 Å². The molecule has 0 saturated heterocycles. The third kappa shape index (κ3) is 4.40. The molecule has 11 unspecified atom stereocenters. The van der Waals surface area contributed by atoms with Crippen LogP contribution in [-0.4, -0.2) is 46.1 Å². The van der Waals surface area contributed by atoms with Gasteiger partial charge in [0.25, 0.3) is 0 Å². The monoisotopic (exact) mass is 463 g/mol. The zero-order chi connectivity index (χ0) is 24.0. The molecule has 5 nitrogen and oxygen atoms in total. The standard InChI is InChI=1S/C28H49NO4/c1-5-6-13-29-25(33)10-7-17(2)20-8-9-21-26-22(16-24(32)28(20,21)4)27(3)12-11-19(30)14-18(27)15-23(26)31/h17-24,26,30-32H,5-16H2,1-4H3,(H,29,33). The molecule has 4 rings (SSSR count). The van der Waals surface area contributed by atoms with E-state index in [1.807, 2.05) is 0 Å². The van der Waals surface area contributed by atoms with Crippen molar-refractivity contribution >= 4 is 5.91 Å². The minimum absolute atomic E-state index is 0.117. The van der Waals surface area contributed by atoms with Gasteiger partial charge >= 0.3 is 0 Å². The van der Waals surface area contributed by atoms with Gasteiger partial charge in [-0.25, -0.2) is 0 Å². The largest absolute Gasteiger partial charge is 0.393 e. The van der Waals surface area contributed by atoms with E-state index in [-0.39, 0.29) is 41.0 Å². The molecule has 33 heavy (non-hydrogen) atoms. The van der Waals surface area contributed by atoms with E-state index in [0.29, 0.717) is 36.0 Å². The molecule has 4 aliphatic carbocycles. The lowest BCUT2D eigenvalue weighted by Crippen LogP contribution is -2.62. The first-order valence-corrected chi connectivity index (χ1v) is 13.9. The Morgan fingerprint density at radius 2 is 1.82 bits per heavy atom. The molecule has 0 aromatic heterocycles. The maximum Gasteiger partial charge on any atom is 0.220 e. The summed E-state index contributed by atoms with van der Waals surface area (Å²) in [5, 5.41) is 36.3. The summed E-state index contributed by atoms with van der Waals surface area (Å²) in [6.07, 6.45) is 9.04. The number of fused-ring (bicyclic) bond motifs is 5. The van der Waals surface area contributed by atoms with Gasteiger partial charge < -0.3 is 20.6 Å². The number of amides is 1. The van der Waals surface area contributed by atoms with Gasteiger partial charge in [0.2, 0.25) is 5.91 Å². The maximum atomic E-state index is 12.3. The van der Waals surface area contributed by atoms with Crippen LogP contribution >= 0.6 is 0 Å². The second-order valence-electron chi connectivity index (χ2n) is 12.7. The van der Waals surface area contributed by atoms with E-state index in [2.05, 4.69) is 33.0 Å². The van der Waals surface area contributed by atoms with Crippen molar-refractivity contribution in [2.24, 2.45) is 46.3 Å². The molecule has 4 saturated carbocycles. The van der Waals surface area contributed by atoms with Crippen LogP contribution in [0, 0.1) is 46.3 Å². The molecular formula is C28H49NO4. The van der Waals surface area contributed by atoms with Crippen LogP contribution in [0.25, 0.3) is 0 Å². The van der Waals surface area contributed by atoms with Crippen LogP contribution in [0.5, 0.6) is 0 Å². The molecule has 4 aliphatic rings. The highest BCUT2D eigenvalue weighted by Gasteiger charge is 2.65. The Bertz CT molecular complexity index is 699. The van der Waals surface area contributed by atoms with Gasteiger partial charge in [0, 0.05) is 13.0 Å². The number of aliphatic hydroxyl groups excluding tert-OH is 3. The van der Waals surface area contributed by atoms with Gasteiger partial charge in [-0.15, -0.1) is 0 Å². The van der Waals surface area contributed by atoms with E-state index in [0.717, 1.165) is 70.8 Å². The Morgan fingerprint density at radius 1 is 1.06 bits per heavy atom. The predicted octanol–water partition coefficient (Wildman–Crippen LogP) is 4.28. The Morgan fingerprint density at radius 3 is 2.55 bits per heavy atom. The SMILES string of the molecule is CCCCNC(=O)CCC(C)C1CCC2C3C(O)CC4CC(O)CCC4(C)C3CC(O)C12C. The van der Waals surface area contributed by atoms with Crippen molar-refractivity contribution in [2.45, 2.75) is 117 Å². The number of hydrogen-bond acceptors (Lipinski definition) is 4. The summed E-state index contributed by atoms with van der Waals surface area (Å²) in [6, 6.07) is 0. The predicted molar refractivity (Wildman–Crippen MR) is 130 cm³/mol. The first-order valence-electron chi connectivity index (χ1n) is 13.9. The normalized spacial score (nSPS) is 47.8. The van der Waals surface area contributed by atoms with Gasteiger partial charge in [-0.1, -0.05) is 34.1 Å². The number of hydrogen-bond donors (Lipinski definition) is 4. The highest BCUT2D eigenvalue weighted by Crippen LogP contribution is 2.68. The van der Waals surface area contributed by atoms with E-state index in [9.17, 15) is 20.1 Å². The van der Waals surface area contributed by atoms with Gasteiger partial charge in [0.05, 0.1) is 18.3 Å². The number of carbonyl (C=O) groups is 1. The second kappa shape index (κ2) is 9.78. The Labute approximate surface area is 201 Å². The molecule has 0 aliphatic heterocycles. The molecule has 0 radical (unpaired) electrons. The Kier molecular flexibility index (Phi) is 7.54. The molecule has 0 spiro atoms. The van der Waals surface area contributed by atoms with E-state index >= 15 is 0 Å². The lowest BCUT2D eigenvalue weighted by atomic mass is 9.43. The fraction of sp³-hybridized carbons (Fsp3) is 0.964. The van der Waals surface area contributed by atoms with Crippen LogP contribution in [0.1, 0.15) is 98.3 Å². The van der Waals surface area contributed by atoms with Crippen molar-refractivity contribution < 1.29 is 20.1 Å². The van der Waals surface area contributed by atoms with Gasteiger partial charge in [-0.05, 0) is 104 Å². The van der Waals surface area contributed by atoms with Crippen LogP contribution in [0.15, 0.2) is 0 Å². The molecular weight excluding hydrogens is 414 g/mol. The number of aliphatic hydroxyl groups is 3. The number of carbonyl (C=O) groups excluding carboxylic acids is 1. The van der Waals surface area contributed by atoms with Gasteiger partial charge in [0.1, 0.15) is 0 Å². The highest BCUT2D eigenvalue weighted by molar-refractivity contribution is 5.75. The lowest BCUT2D eigenvalue weighted by Gasteiger charge is -2.63. The number of unbranched alkanes of at least 4 members (excludes halogenated alkanes) is 1. The molecule has 11 atom stereocenters. The third-order valence-corrected chi connectivity index (χ3v) is 11.2. The van der Waals surface area contributed by atoms with Crippen LogP contribution in [-0.2, 0) is 4.79 Å². The van der Waals surface area contributed by atoms with E-state index < -0.39 is 0 Å². The molecule has 0 aromatic rings. The van der Waals surface area contributed by atoms with Crippen molar-refractivity contribution in [2.75, 3.05) is 6.54 Å². The molecule has 4 fully saturated rings. The van der Waals surface area contributed by atoms with E-state index in [1.54, 1.807) is 0 Å². The fourth-order valence-corrected chi connectivity index (χ4v) is 9.18. The quantitative estimate of drug-likeness (QED) is 0.424. The van der Waals surface area contributed by atoms with Crippen molar-refractivity contribution in [3.63, 3.8) is 0 Å². The minimum Gasteiger partial charge on any atom is -0.393 e. The van der Waals surface area contributed by atoms with Gasteiger partial charge in [0.15, 0.2) is 0 Å². The average Bonchev–Trinajstić information content (AvgIpc) is 3.13. The second-order valence-corrected chi connectivity index (χ2v) is 12.7. The van der Waals surface area contributed by atoms with Gasteiger partial charge in [-0.3, -0.25) is 4.79 Å². The number of nitrogens with one attached hydrogen (secondary N) is 1. The summed E-state index contributed by atoms with van der Waals surface area (Å²) in [6.45, 7) is 9.85. The average molecular weight is 464 g/mol. The zero-order valence-corrected chi connectivity index (χ0v) is 21.4. The van der Waals surface area contributed by atoms with Crippen LogP contribution in [0.4, 0.5) is 0 Å². The summed E-state index contributed by atoms with van der Waals surface area (Å²) in [4.78, 5) is 12.3. The summed E-state index contributed by atoms with van der Waals surface area (Å²) in [7, 11) is 0. The minimum atomic E-state index is -0.355. The summed E-state index contributed by atoms with van der Waals surface area (Å²) < 4.78 is 0. The van der Waals surface area contributed by atoms with E-state index in [1.165, 1.54) is 0 Å². The Balaban J connectivity index is 1.47. The summed E-state index contributed by atoms with van der Waals surface area (Å²) in [5.74, 6) is 2.23. The summed E-state index contributed by atoms with van der Waals surface area (Å²) >= 11 is 0. The molecule has 190 valence electrons. The lowest BCUT2D eigenvalue weighted by molar-refractivity contribution is -0.207.